The Kier molecular flexibility index (Phi) is 4.24. The first-order valence-corrected chi connectivity index (χ1v) is 9.15. The smallest absolute Gasteiger partial charge is 0.176 e. The summed E-state index contributed by atoms with van der Waals surface area (Å²) in [4.78, 5) is 26.4. The lowest BCUT2D eigenvalue weighted by Gasteiger charge is -2.46. The number of benzene rings is 1. The molecule has 0 saturated carbocycles. The minimum Gasteiger partial charge on any atom is -0.318 e. The van der Waals surface area contributed by atoms with E-state index in [9.17, 15) is 19.2 Å². The van der Waals surface area contributed by atoms with E-state index in [0.717, 1.165) is 5.56 Å². The van der Waals surface area contributed by atoms with E-state index in [2.05, 4.69) is 10.2 Å². The SMILES string of the molecule is C[C@@H]1C(=O)C(C#N)=C[C@@]2(C(=O)C(N)c3ccc(F)cc3)c3[nH]ncc3CC[C@@H]12. The number of hydrogen-bond acceptors (Lipinski definition) is 5. The van der Waals surface area contributed by atoms with Crippen LogP contribution in [0.15, 0.2) is 42.1 Å². The van der Waals surface area contributed by atoms with Crippen molar-refractivity contribution in [2.24, 2.45) is 17.6 Å². The fraction of sp³-hybridized carbons (Fsp3) is 0.333. The number of rotatable bonds is 3. The Morgan fingerprint density at radius 1 is 1.43 bits per heavy atom. The van der Waals surface area contributed by atoms with Crippen molar-refractivity contribution in [3.63, 3.8) is 0 Å². The molecule has 4 atom stereocenters. The second-order valence-corrected chi connectivity index (χ2v) is 7.50. The van der Waals surface area contributed by atoms with Gasteiger partial charge in [-0.3, -0.25) is 14.7 Å². The molecule has 6 nitrogen and oxygen atoms in total. The van der Waals surface area contributed by atoms with Gasteiger partial charge in [0.1, 0.15) is 11.9 Å². The van der Waals surface area contributed by atoms with Crippen LogP contribution in [0.4, 0.5) is 4.39 Å². The lowest BCUT2D eigenvalue weighted by Crippen LogP contribution is -2.54. The van der Waals surface area contributed by atoms with Crippen molar-refractivity contribution in [1.29, 1.82) is 5.26 Å². The van der Waals surface area contributed by atoms with Gasteiger partial charge in [0, 0.05) is 5.92 Å². The van der Waals surface area contributed by atoms with Crippen LogP contribution in [0.2, 0.25) is 0 Å². The summed E-state index contributed by atoms with van der Waals surface area (Å²) in [5.41, 5.74) is 6.99. The van der Waals surface area contributed by atoms with Crippen LogP contribution in [-0.2, 0) is 21.4 Å². The molecule has 0 radical (unpaired) electrons. The van der Waals surface area contributed by atoms with Crippen molar-refractivity contribution < 1.29 is 14.0 Å². The molecule has 0 aliphatic heterocycles. The number of nitrogens with one attached hydrogen (secondary N) is 1. The predicted molar refractivity (Wildman–Crippen MR) is 98.3 cm³/mol. The number of allylic oxidation sites excluding steroid dienone is 2. The van der Waals surface area contributed by atoms with Gasteiger partial charge in [-0.25, -0.2) is 4.39 Å². The first-order valence-electron chi connectivity index (χ1n) is 9.15. The Labute approximate surface area is 161 Å². The molecule has 0 bridgehead atoms. The van der Waals surface area contributed by atoms with Gasteiger partial charge in [0.05, 0.1) is 28.9 Å². The number of aromatic nitrogens is 2. The standard InChI is InChI=1S/C21H19FN4O2/c1-11-16-7-4-13-10-25-26-19(13)21(16,8-14(9-23)18(11)27)20(28)17(24)12-2-5-15(22)6-3-12/h2-3,5-6,8,10-11,16-17H,4,7,24H2,1H3,(H,25,26)/t11-,16-,17?,21-/m0/s1. The van der Waals surface area contributed by atoms with Gasteiger partial charge >= 0.3 is 0 Å². The van der Waals surface area contributed by atoms with Gasteiger partial charge in [0.25, 0.3) is 0 Å². The number of nitriles is 1. The highest BCUT2D eigenvalue weighted by atomic mass is 19.1. The maximum Gasteiger partial charge on any atom is 0.176 e. The minimum atomic E-state index is -1.24. The van der Waals surface area contributed by atoms with E-state index in [0.29, 0.717) is 24.1 Å². The summed E-state index contributed by atoms with van der Waals surface area (Å²) in [7, 11) is 0. The summed E-state index contributed by atoms with van der Waals surface area (Å²) in [5.74, 6) is -1.84. The van der Waals surface area contributed by atoms with E-state index >= 15 is 0 Å². The van der Waals surface area contributed by atoms with Crippen LogP contribution < -0.4 is 5.73 Å². The molecule has 4 rings (SSSR count). The molecule has 28 heavy (non-hydrogen) atoms. The number of halogens is 1. The molecule has 1 aromatic heterocycles. The molecule has 1 heterocycles. The Balaban J connectivity index is 1.92. The molecule has 0 saturated heterocycles. The first-order chi connectivity index (χ1) is 13.4. The highest BCUT2D eigenvalue weighted by Gasteiger charge is 2.57. The van der Waals surface area contributed by atoms with Gasteiger partial charge in [0.15, 0.2) is 11.6 Å². The Morgan fingerprint density at radius 2 is 2.14 bits per heavy atom. The van der Waals surface area contributed by atoms with Gasteiger partial charge in [-0.15, -0.1) is 0 Å². The van der Waals surface area contributed by atoms with E-state index < -0.39 is 23.2 Å². The number of carbonyl (C=O) groups is 2. The quantitative estimate of drug-likeness (QED) is 0.851. The molecule has 1 aromatic carbocycles. The van der Waals surface area contributed by atoms with Crippen molar-refractivity contribution in [2.75, 3.05) is 0 Å². The van der Waals surface area contributed by atoms with E-state index in [1.54, 1.807) is 13.1 Å². The number of aromatic amines is 1. The Bertz CT molecular complexity index is 1030. The summed E-state index contributed by atoms with van der Waals surface area (Å²) in [6, 6.07) is 6.37. The van der Waals surface area contributed by atoms with E-state index in [-0.39, 0.29) is 23.1 Å². The lowest BCUT2D eigenvalue weighted by molar-refractivity contribution is -0.130. The fourth-order valence-corrected chi connectivity index (χ4v) is 4.68. The van der Waals surface area contributed by atoms with Crippen LogP contribution >= 0.6 is 0 Å². The lowest BCUT2D eigenvalue weighted by atomic mass is 9.54. The maximum absolute atomic E-state index is 13.8. The average molecular weight is 378 g/mol. The van der Waals surface area contributed by atoms with Crippen molar-refractivity contribution in [2.45, 2.75) is 31.2 Å². The van der Waals surface area contributed by atoms with E-state index in [4.69, 9.17) is 5.73 Å². The number of nitrogens with two attached hydrogens (primary N) is 1. The summed E-state index contributed by atoms with van der Waals surface area (Å²) in [5, 5.41) is 16.5. The van der Waals surface area contributed by atoms with Crippen LogP contribution in [0, 0.1) is 29.0 Å². The summed E-state index contributed by atoms with van der Waals surface area (Å²) < 4.78 is 13.3. The second kappa shape index (κ2) is 6.50. The van der Waals surface area contributed by atoms with Crippen LogP contribution in [0.25, 0.3) is 0 Å². The molecule has 2 aliphatic carbocycles. The molecule has 1 unspecified atom stereocenters. The maximum atomic E-state index is 13.8. The van der Waals surface area contributed by atoms with Crippen molar-refractivity contribution in [3.05, 3.63) is 64.7 Å². The van der Waals surface area contributed by atoms with Crippen molar-refractivity contribution in [3.8, 4) is 6.07 Å². The number of H-pyrrole nitrogens is 1. The fourth-order valence-electron chi connectivity index (χ4n) is 4.68. The molecule has 2 aromatic rings. The summed E-state index contributed by atoms with van der Waals surface area (Å²) >= 11 is 0. The summed E-state index contributed by atoms with van der Waals surface area (Å²) in [6.07, 6.45) is 4.44. The third-order valence-electron chi connectivity index (χ3n) is 6.14. The second-order valence-electron chi connectivity index (χ2n) is 7.50. The van der Waals surface area contributed by atoms with E-state index in [1.807, 2.05) is 6.07 Å². The number of Topliss-reactive ketones (excluding diaryl/α,β-unsaturated/α-hetero) is 2. The normalized spacial score (nSPS) is 27.2. The highest BCUT2D eigenvalue weighted by molar-refractivity contribution is 6.07. The van der Waals surface area contributed by atoms with Gasteiger partial charge < -0.3 is 5.73 Å². The van der Waals surface area contributed by atoms with Gasteiger partial charge in [-0.1, -0.05) is 19.1 Å². The predicted octanol–water partition coefficient (Wildman–Crippen LogP) is 2.29. The highest BCUT2D eigenvalue weighted by Crippen LogP contribution is 2.51. The van der Waals surface area contributed by atoms with Crippen LogP contribution in [0.3, 0.4) is 0 Å². The van der Waals surface area contributed by atoms with Crippen molar-refractivity contribution >= 4 is 11.6 Å². The summed E-state index contributed by atoms with van der Waals surface area (Å²) in [6.45, 7) is 1.75. The number of aryl methyl sites for hydroxylation is 1. The molecule has 0 fully saturated rings. The van der Waals surface area contributed by atoms with Crippen LogP contribution in [-0.4, -0.2) is 21.8 Å². The third kappa shape index (κ3) is 2.45. The molecule has 0 spiro atoms. The topological polar surface area (TPSA) is 113 Å². The molecular formula is C21H19FN4O2. The zero-order chi connectivity index (χ0) is 20.1. The number of ketones is 2. The molecule has 3 N–H and O–H groups in total. The zero-order valence-electron chi connectivity index (χ0n) is 15.3. The van der Waals surface area contributed by atoms with Crippen molar-refractivity contribution in [1.82, 2.24) is 10.2 Å². The zero-order valence-corrected chi connectivity index (χ0v) is 15.3. The number of carbonyl (C=O) groups excluding carboxylic acids is 2. The van der Waals surface area contributed by atoms with Gasteiger partial charge in [-0.05, 0) is 48.1 Å². The van der Waals surface area contributed by atoms with E-state index in [1.165, 1.54) is 30.3 Å². The van der Waals surface area contributed by atoms with Crippen LogP contribution in [0.5, 0.6) is 0 Å². The monoisotopic (exact) mass is 378 g/mol. The number of fused-ring (bicyclic) bond motifs is 3. The number of nitrogens with zero attached hydrogens (tertiary/aromatic N) is 2. The largest absolute Gasteiger partial charge is 0.318 e. The van der Waals surface area contributed by atoms with Gasteiger partial charge in [-0.2, -0.15) is 10.4 Å². The minimum absolute atomic E-state index is 0.0362. The molecular weight excluding hydrogens is 359 g/mol. The number of hydrogen-bond donors (Lipinski definition) is 2. The van der Waals surface area contributed by atoms with Gasteiger partial charge in [0.2, 0.25) is 0 Å². The Morgan fingerprint density at radius 3 is 2.82 bits per heavy atom. The molecule has 0 amide bonds. The first kappa shape index (κ1) is 18.3. The molecule has 142 valence electrons. The molecule has 7 heteroatoms. The Hall–Kier alpha value is -3.11. The molecule has 2 aliphatic rings. The third-order valence-corrected chi connectivity index (χ3v) is 6.14. The average Bonchev–Trinajstić information content (AvgIpc) is 3.19. The van der Waals surface area contributed by atoms with Crippen LogP contribution in [0.1, 0.15) is 36.2 Å².